The molecule has 3 heteroatoms. The van der Waals surface area contributed by atoms with E-state index in [0.717, 1.165) is 30.0 Å². The third-order valence-electron chi connectivity index (χ3n) is 2.45. The summed E-state index contributed by atoms with van der Waals surface area (Å²) in [5.74, 6) is 0.975. The van der Waals surface area contributed by atoms with Crippen LogP contribution in [0.1, 0.15) is 32.4 Å². The van der Waals surface area contributed by atoms with Crippen LogP contribution in [0.5, 0.6) is 0 Å². The Bertz CT molecular complexity index is 358. The standard InChI is InChI=1S/C13H21N3/c1-5-16(9-10(2)3)13-12(11(4)14)7-6-8-15-13/h6-8,11H,2,5,9,14H2,1,3-4H3/t11-/m0/s1. The molecule has 0 aliphatic rings. The lowest BCUT2D eigenvalue weighted by Crippen LogP contribution is -2.27. The fourth-order valence-corrected chi connectivity index (χ4v) is 1.69. The molecule has 0 saturated heterocycles. The van der Waals surface area contributed by atoms with Crippen molar-refractivity contribution in [2.24, 2.45) is 5.73 Å². The first-order valence-electron chi connectivity index (χ1n) is 5.66. The number of hydrogen-bond donors (Lipinski definition) is 1. The quantitative estimate of drug-likeness (QED) is 0.774. The number of likely N-dealkylation sites (N-methyl/N-ethyl adjacent to an activating group) is 1. The van der Waals surface area contributed by atoms with E-state index >= 15 is 0 Å². The van der Waals surface area contributed by atoms with Crippen molar-refractivity contribution in [1.29, 1.82) is 0 Å². The minimum Gasteiger partial charge on any atom is -0.353 e. The van der Waals surface area contributed by atoms with Gasteiger partial charge in [0.05, 0.1) is 0 Å². The average molecular weight is 219 g/mol. The van der Waals surface area contributed by atoms with Crippen molar-refractivity contribution in [3.63, 3.8) is 0 Å². The highest BCUT2D eigenvalue weighted by Gasteiger charge is 2.13. The van der Waals surface area contributed by atoms with Gasteiger partial charge in [-0.25, -0.2) is 4.98 Å². The number of rotatable bonds is 5. The van der Waals surface area contributed by atoms with Crippen LogP contribution in [0.15, 0.2) is 30.5 Å². The second-order valence-electron chi connectivity index (χ2n) is 4.18. The molecule has 1 aromatic rings. The first-order chi connectivity index (χ1) is 7.56. The number of nitrogens with zero attached hydrogens (tertiary/aromatic N) is 2. The summed E-state index contributed by atoms with van der Waals surface area (Å²) in [7, 11) is 0. The molecule has 0 unspecified atom stereocenters. The van der Waals surface area contributed by atoms with E-state index in [1.165, 1.54) is 0 Å². The molecule has 1 rings (SSSR count). The van der Waals surface area contributed by atoms with Gasteiger partial charge in [-0.15, -0.1) is 0 Å². The summed E-state index contributed by atoms with van der Waals surface area (Å²) in [5.41, 5.74) is 8.17. The molecular formula is C13H21N3. The van der Waals surface area contributed by atoms with Crippen molar-refractivity contribution in [2.45, 2.75) is 26.8 Å². The highest BCUT2D eigenvalue weighted by atomic mass is 15.2. The Labute approximate surface area is 98.0 Å². The molecule has 16 heavy (non-hydrogen) atoms. The minimum atomic E-state index is 0.00266. The molecule has 1 aromatic heterocycles. The van der Waals surface area contributed by atoms with Crippen molar-refractivity contribution in [2.75, 3.05) is 18.0 Å². The maximum atomic E-state index is 5.95. The van der Waals surface area contributed by atoms with E-state index in [9.17, 15) is 0 Å². The zero-order chi connectivity index (χ0) is 12.1. The molecule has 0 saturated carbocycles. The smallest absolute Gasteiger partial charge is 0.133 e. The molecule has 2 N–H and O–H groups in total. The number of aromatic nitrogens is 1. The van der Waals surface area contributed by atoms with Crippen LogP contribution in [0.2, 0.25) is 0 Å². The first-order valence-corrected chi connectivity index (χ1v) is 5.66. The van der Waals surface area contributed by atoms with Crippen molar-refractivity contribution in [1.82, 2.24) is 4.98 Å². The summed E-state index contributed by atoms with van der Waals surface area (Å²) < 4.78 is 0. The summed E-state index contributed by atoms with van der Waals surface area (Å²) in [6.07, 6.45) is 1.81. The van der Waals surface area contributed by atoms with E-state index in [1.807, 2.05) is 32.2 Å². The molecule has 0 amide bonds. The number of pyridine rings is 1. The van der Waals surface area contributed by atoms with Gasteiger partial charge in [0.2, 0.25) is 0 Å². The van der Waals surface area contributed by atoms with Crippen LogP contribution in [0.25, 0.3) is 0 Å². The molecule has 0 fully saturated rings. The fraction of sp³-hybridized carbons (Fsp3) is 0.462. The fourth-order valence-electron chi connectivity index (χ4n) is 1.69. The van der Waals surface area contributed by atoms with Gasteiger partial charge >= 0.3 is 0 Å². The maximum absolute atomic E-state index is 5.95. The zero-order valence-corrected chi connectivity index (χ0v) is 10.4. The summed E-state index contributed by atoms with van der Waals surface area (Å²) in [5, 5.41) is 0. The van der Waals surface area contributed by atoms with Gasteiger partial charge < -0.3 is 10.6 Å². The number of nitrogens with two attached hydrogens (primary N) is 1. The minimum absolute atomic E-state index is 0.00266. The predicted octanol–water partition coefficient (Wildman–Crippen LogP) is 2.50. The van der Waals surface area contributed by atoms with Gasteiger partial charge in [-0.1, -0.05) is 18.2 Å². The summed E-state index contributed by atoms with van der Waals surface area (Å²) in [6, 6.07) is 3.97. The summed E-state index contributed by atoms with van der Waals surface area (Å²) in [4.78, 5) is 6.62. The molecule has 0 aromatic carbocycles. The van der Waals surface area contributed by atoms with Crippen LogP contribution in [0, 0.1) is 0 Å². The van der Waals surface area contributed by atoms with Crippen LogP contribution in [0.4, 0.5) is 5.82 Å². The average Bonchev–Trinajstić information content (AvgIpc) is 2.25. The second kappa shape index (κ2) is 5.66. The molecule has 1 heterocycles. The Morgan fingerprint density at radius 2 is 2.31 bits per heavy atom. The highest BCUT2D eigenvalue weighted by molar-refractivity contribution is 5.49. The van der Waals surface area contributed by atoms with Gasteiger partial charge in [0.15, 0.2) is 0 Å². The van der Waals surface area contributed by atoms with Crippen molar-refractivity contribution < 1.29 is 0 Å². The van der Waals surface area contributed by atoms with Crippen molar-refractivity contribution in [3.8, 4) is 0 Å². The lowest BCUT2D eigenvalue weighted by Gasteiger charge is -2.25. The third kappa shape index (κ3) is 3.07. The molecule has 0 bridgehead atoms. The maximum Gasteiger partial charge on any atom is 0.133 e. The topological polar surface area (TPSA) is 42.2 Å². The van der Waals surface area contributed by atoms with Gasteiger partial charge in [-0.2, -0.15) is 0 Å². The number of anilines is 1. The van der Waals surface area contributed by atoms with E-state index < -0.39 is 0 Å². The predicted molar refractivity (Wildman–Crippen MR) is 69.5 cm³/mol. The Kier molecular flexibility index (Phi) is 4.50. The molecule has 0 aliphatic carbocycles. The highest BCUT2D eigenvalue weighted by Crippen LogP contribution is 2.22. The van der Waals surface area contributed by atoms with Gasteiger partial charge in [0.25, 0.3) is 0 Å². The lowest BCUT2D eigenvalue weighted by molar-refractivity contribution is 0.780. The summed E-state index contributed by atoms with van der Waals surface area (Å²) in [6.45, 7) is 11.8. The van der Waals surface area contributed by atoms with E-state index in [1.54, 1.807) is 0 Å². The van der Waals surface area contributed by atoms with Crippen molar-refractivity contribution >= 4 is 5.82 Å². The summed E-state index contributed by atoms with van der Waals surface area (Å²) >= 11 is 0. The van der Waals surface area contributed by atoms with E-state index in [-0.39, 0.29) is 6.04 Å². The van der Waals surface area contributed by atoms with E-state index in [0.29, 0.717) is 0 Å². The van der Waals surface area contributed by atoms with Crippen LogP contribution in [0.3, 0.4) is 0 Å². The molecule has 0 aliphatic heterocycles. The largest absolute Gasteiger partial charge is 0.353 e. The molecule has 3 nitrogen and oxygen atoms in total. The molecule has 0 spiro atoms. The lowest BCUT2D eigenvalue weighted by atomic mass is 10.1. The van der Waals surface area contributed by atoms with E-state index in [4.69, 9.17) is 5.73 Å². The first kappa shape index (κ1) is 12.7. The van der Waals surface area contributed by atoms with Gasteiger partial charge in [0, 0.05) is 30.9 Å². The van der Waals surface area contributed by atoms with E-state index in [2.05, 4.69) is 23.4 Å². The van der Waals surface area contributed by atoms with Gasteiger partial charge in [-0.3, -0.25) is 0 Å². The Morgan fingerprint density at radius 1 is 1.62 bits per heavy atom. The Hall–Kier alpha value is -1.35. The Balaban J connectivity index is 3.03. The monoisotopic (exact) mass is 219 g/mol. The normalized spacial score (nSPS) is 12.2. The van der Waals surface area contributed by atoms with Crippen LogP contribution >= 0.6 is 0 Å². The number of hydrogen-bond acceptors (Lipinski definition) is 3. The van der Waals surface area contributed by atoms with Gasteiger partial charge in [-0.05, 0) is 26.8 Å². The van der Waals surface area contributed by atoms with Crippen LogP contribution < -0.4 is 10.6 Å². The zero-order valence-electron chi connectivity index (χ0n) is 10.4. The third-order valence-corrected chi connectivity index (χ3v) is 2.45. The van der Waals surface area contributed by atoms with Crippen LogP contribution in [-0.2, 0) is 0 Å². The van der Waals surface area contributed by atoms with Crippen LogP contribution in [-0.4, -0.2) is 18.1 Å². The van der Waals surface area contributed by atoms with Gasteiger partial charge in [0.1, 0.15) is 5.82 Å². The molecular weight excluding hydrogens is 198 g/mol. The SMILES string of the molecule is C=C(C)CN(CC)c1ncccc1[C@H](C)N. The molecule has 0 radical (unpaired) electrons. The molecule has 88 valence electrons. The Morgan fingerprint density at radius 3 is 2.81 bits per heavy atom. The second-order valence-corrected chi connectivity index (χ2v) is 4.18. The van der Waals surface area contributed by atoms with Crippen molar-refractivity contribution in [3.05, 3.63) is 36.0 Å². The molecule has 1 atom stereocenters.